The quantitative estimate of drug-likeness (QED) is 0.716. The molecule has 18 heavy (non-hydrogen) atoms. The molecular formula is C15H26N2O. The number of rotatable bonds is 8. The van der Waals surface area contributed by atoms with Crippen molar-refractivity contribution in [2.24, 2.45) is 5.92 Å². The van der Waals surface area contributed by atoms with Gasteiger partial charge in [-0.15, -0.1) is 0 Å². The van der Waals surface area contributed by atoms with Crippen LogP contribution in [-0.4, -0.2) is 18.1 Å². The average molecular weight is 250 g/mol. The van der Waals surface area contributed by atoms with E-state index in [9.17, 15) is 0 Å². The van der Waals surface area contributed by atoms with Crippen molar-refractivity contribution >= 4 is 0 Å². The van der Waals surface area contributed by atoms with E-state index in [4.69, 9.17) is 4.74 Å². The van der Waals surface area contributed by atoms with Gasteiger partial charge >= 0.3 is 0 Å². The first-order chi connectivity index (χ1) is 8.65. The fourth-order valence-corrected chi connectivity index (χ4v) is 1.93. The van der Waals surface area contributed by atoms with Crippen molar-refractivity contribution in [3.63, 3.8) is 0 Å². The number of ether oxygens (including phenoxy) is 1. The Morgan fingerprint density at radius 2 is 2.11 bits per heavy atom. The van der Waals surface area contributed by atoms with Gasteiger partial charge in [-0.3, -0.25) is 0 Å². The average Bonchev–Trinajstić information content (AvgIpc) is 2.35. The van der Waals surface area contributed by atoms with Crippen LogP contribution in [0.5, 0.6) is 5.88 Å². The van der Waals surface area contributed by atoms with Crippen LogP contribution in [0.15, 0.2) is 18.3 Å². The molecule has 0 saturated heterocycles. The molecule has 3 heteroatoms. The summed E-state index contributed by atoms with van der Waals surface area (Å²) in [6.45, 7) is 10.4. The summed E-state index contributed by atoms with van der Waals surface area (Å²) in [4.78, 5) is 4.34. The van der Waals surface area contributed by atoms with E-state index >= 15 is 0 Å². The molecule has 1 rings (SSSR count). The van der Waals surface area contributed by atoms with E-state index in [0.29, 0.717) is 0 Å². The second-order valence-corrected chi connectivity index (χ2v) is 5.06. The van der Waals surface area contributed by atoms with E-state index in [0.717, 1.165) is 36.9 Å². The van der Waals surface area contributed by atoms with Gasteiger partial charge < -0.3 is 10.1 Å². The van der Waals surface area contributed by atoms with Crippen molar-refractivity contribution in [2.75, 3.05) is 13.2 Å². The van der Waals surface area contributed by atoms with E-state index in [-0.39, 0.29) is 6.04 Å². The minimum absolute atomic E-state index is 0.281. The molecule has 1 aromatic heterocycles. The molecule has 0 amide bonds. The molecule has 102 valence electrons. The number of pyridine rings is 1. The molecule has 0 aliphatic carbocycles. The van der Waals surface area contributed by atoms with Gasteiger partial charge in [0.1, 0.15) is 0 Å². The van der Waals surface area contributed by atoms with Gasteiger partial charge in [0, 0.05) is 17.8 Å². The first-order valence-electron chi connectivity index (χ1n) is 6.96. The van der Waals surface area contributed by atoms with Gasteiger partial charge in [0.2, 0.25) is 5.88 Å². The first kappa shape index (κ1) is 15.0. The summed E-state index contributed by atoms with van der Waals surface area (Å²) in [6.07, 6.45) is 4.08. The van der Waals surface area contributed by atoms with Gasteiger partial charge in [0.25, 0.3) is 0 Å². The maximum absolute atomic E-state index is 5.80. The fraction of sp³-hybridized carbons (Fsp3) is 0.667. The Balaban J connectivity index is 2.53. The Morgan fingerprint density at radius 1 is 1.33 bits per heavy atom. The van der Waals surface area contributed by atoms with Crippen molar-refractivity contribution in [1.29, 1.82) is 0 Å². The standard InChI is InChI=1S/C15H26N2O/c1-5-16-13(4)14-9-6-10-17-15(14)18-11-7-8-12(2)3/h6,9-10,12-13,16H,5,7-8,11H2,1-4H3. The van der Waals surface area contributed by atoms with E-state index in [2.05, 4.69) is 44.1 Å². The molecule has 0 fully saturated rings. The maximum atomic E-state index is 5.80. The lowest BCUT2D eigenvalue weighted by Crippen LogP contribution is -2.19. The second-order valence-electron chi connectivity index (χ2n) is 5.06. The largest absolute Gasteiger partial charge is 0.477 e. The van der Waals surface area contributed by atoms with Gasteiger partial charge in [-0.25, -0.2) is 4.98 Å². The van der Waals surface area contributed by atoms with Crippen LogP contribution in [0.2, 0.25) is 0 Å². The third-order valence-electron chi connectivity index (χ3n) is 2.94. The Labute approximate surface area is 111 Å². The summed E-state index contributed by atoms with van der Waals surface area (Å²) >= 11 is 0. The smallest absolute Gasteiger partial charge is 0.218 e. The second kappa shape index (κ2) is 8.09. The van der Waals surface area contributed by atoms with Crippen molar-refractivity contribution in [2.45, 2.75) is 46.6 Å². The Hall–Kier alpha value is -1.09. The van der Waals surface area contributed by atoms with Crippen LogP contribution in [0.1, 0.15) is 52.1 Å². The lowest BCUT2D eigenvalue weighted by Gasteiger charge is -2.16. The van der Waals surface area contributed by atoms with Gasteiger partial charge in [0.05, 0.1) is 6.61 Å². The SMILES string of the molecule is CCNC(C)c1cccnc1OCCCC(C)C. The molecule has 1 heterocycles. The molecule has 0 bridgehead atoms. The predicted octanol–water partition coefficient (Wildman–Crippen LogP) is 3.57. The van der Waals surface area contributed by atoms with Crippen LogP contribution < -0.4 is 10.1 Å². The Kier molecular flexibility index (Phi) is 6.73. The van der Waals surface area contributed by atoms with E-state index in [1.807, 2.05) is 6.07 Å². The number of aromatic nitrogens is 1. The third-order valence-corrected chi connectivity index (χ3v) is 2.94. The summed E-state index contributed by atoms with van der Waals surface area (Å²) in [7, 11) is 0. The molecule has 0 spiro atoms. The van der Waals surface area contributed by atoms with Crippen LogP contribution in [0.25, 0.3) is 0 Å². The molecule has 1 aromatic rings. The topological polar surface area (TPSA) is 34.2 Å². The minimum Gasteiger partial charge on any atom is -0.477 e. The van der Waals surface area contributed by atoms with Gasteiger partial charge in [0.15, 0.2) is 0 Å². The molecule has 0 aliphatic rings. The third kappa shape index (κ3) is 5.05. The van der Waals surface area contributed by atoms with Crippen LogP contribution in [-0.2, 0) is 0 Å². The Bertz CT molecular complexity index is 339. The lowest BCUT2D eigenvalue weighted by molar-refractivity contribution is 0.281. The Morgan fingerprint density at radius 3 is 2.78 bits per heavy atom. The van der Waals surface area contributed by atoms with E-state index in [1.54, 1.807) is 6.20 Å². The number of hydrogen-bond donors (Lipinski definition) is 1. The van der Waals surface area contributed by atoms with Crippen molar-refractivity contribution < 1.29 is 4.74 Å². The zero-order valence-corrected chi connectivity index (χ0v) is 12.1. The molecule has 0 saturated carbocycles. The molecule has 0 aromatic carbocycles. The van der Waals surface area contributed by atoms with Crippen LogP contribution in [0, 0.1) is 5.92 Å². The lowest BCUT2D eigenvalue weighted by atomic mass is 10.1. The summed E-state index contributed by atoms with van der Waals surface area (Å²) in [5.41, 5.74) is 1.14. The first-order valence-corrected chi connectivity index (χ1v) is 6.96. The van der Waals surface area contributed by atoms with Crippen molar-refractivity contribution in [3.8, 4) is 5.88 Å². The van der Waals surface area contributed by atoms with Crippen molar-refractivity contribution in [1.82, 2.24) is 10.3 Å². The molecule has 3 nitrogen and oxygen atoms in total. The highest BCUT2D eigenvalue weighted by molar-refractivity contribution is 5.28. The van der Waals surface area contributed by atoms with E-state index in [1.165, 1.54) is 6.42 Å². The predicted molar refractivity (Wildman–Crippen MR) is 75.9 cm³/mol. The summed E-state index contributed by atoms with van der Waals surface area (Å²) < 4.78 is 5.80. The number of nitrogens with one attached hydrogen (secondary N) is 1. The van der Waals surface area contributed by atoms with E-state index < -0.39 is 0 Å². The highest BCUT2D eigenvalue weighted by Gasteiger charge is 2.11. The minimum atomic E-state index is 0.281. The monoisotopic (exact) mass is 250 g/mol. The summed E-state index contributed by atoms with van der Waals surface area (Å²) in [5.74, 6) is 1.51. The molecule has 1 atom stereocenters. The molecular weight excluding hydrogens is 224 g/mol. The fourth-order valence-electron chi connectivity index (χ4n) is 1.93. The maximum Gasteiger partial charge on any atom is 0.218 e. The molecule has 0 aliphatic heterocycles. The summed E-state index contributed by atoms with van der Waals surface area (Å²) in [5, 5.41) is 3.39. The van der Waals surface area contributed by atoms with Gasteiger partial charge in [-0.1, -0.05) is 26.8 Å². The molecule has 1 N–H and O–H groups in total. The zero-order chi connectivity index (χ0) is 13.4. The van der Waals surface area contributed by atoms with Gasteiger partial charge in [-0.2, -0.15) is 0 Å². The van der Waals surface area contributed by atoms with Crippen LogP contribution in [0.4, 0.5) is 0 Å². The van der Waals surface area contributed by atoms with Gasteiger partial charge in [-0.05, 0) is 38.3 Å². The zero-order valence-electron chi connectivity index (χ0n) is 12.1. The molecule has 1 unspecified atom stereocenters. The highest BCUT2D eigenvalue weighted by Crippen LogP contribution is 2.22. The summed E-state index contributed by atoms with van der Waals surface area (Å²) in [6, 6.07) is 4.33. The van der Waals surface area contributed by atoms with Crippen LogP contribution in [0.3, 0.4) is 0 Å². The van der Waals surface area contributed by atoms with Crippen LogP contribution >= 0.6 is 0 Å². The normalized spacial score (nSPS) is 12.7. The highest BCUT2D eigenvalue weighted by atomic mass is 16.5. The number of nitrogens with zero attached hydrogens (tertiary/aromatic N) is 1. The van der Waals surface area contributed by atoms with Crippen molar-refractivity contribution in [3.05, 3.63) is 23.9 Å². The molecule has 0 radical (unpaired) electrons. The number of hydrogen-bond acceptors (Lipinski definition) is 3.